The zero-order valence-corrected chi connectivity index (χ0v) is 11.9. The molecule has 0 aliphatic heterocycles. The van der Waals surface area contributed by atoms with E-state index < -0.39 is 0 Å². The van der Waals surface area contributed by atoms with Crippen LogP contribution in [0.1, 0.15) is 12.0 Å². The molecule has 0 radical (unpaired) electrons. The number of hydrogen-bond acceptors (Lipinski definition) is 2. The third kappa shape index (κ3) is 3.51. The van der Waals surface area contributed by atoms with Crippen LogP contribution in [-0.4, -0.2) is 9.78 Å². The van der Waals surface area contributed by atoms with E-state index in [0.29, 0.717) is 0 Å². The topological polar surface area (TPSA) is 43.8 Å². The van der Waals surface area contributed by atoms with E-state index in [-0.39, 0.29) is 0 Å². The zero-order chi connectivity index (χ0) is 14.5. The summed E-state index contributed by atoms with van der Waals surface area (Å²) in [6.45, 7) is 0.918. The summed E-state index contributed by atoms with van der Waals surface area (Å²) in [4.78, 5) is 0. The molecule has 2 N–H and O–H groups in total. The molecule has 21 heavy (non-hydrogen) atoms. The predicted molar refractivity (Wildman–Crippen MR) is 86.8 cm³/mol. The van der Waals surface area contributed by atoms with E-state index >= 15 is 0 Å². The van der Waals surface area contributed by atoms with Gasteiger partial charge in [-0.3, -0.25) is 4.68 Å². The fourth-order valence-electron chi connectivity index (χ4n) is 2.46. The van der Waals surface area contributed by atoms with Gasteiger partial charge in [0.15, 0.2) is 0 Å². The van der Waals surface area contributed by atoms with Crippen LogP contribution in [0.5, 0.6) is 0 Å². The number of hydrogen-bond donors (Lipinski definition) is 1. The third-order valence-corrected chi connectivity index (χ3v) is 3.54. The summed E-state index contributed by atoms with van der Waals surface area (Å²) >= 11 is 0. The fourth-order valence-corrected chi connectivity index (χ4v) is 2.46. The maximum atomic E-state index is 5.79. The van der Waals surface area contributed by atoms with Gasteiger partial charge in [-0.05, 0) is 36.1 Å². The van der Waals surface area contributed by atoms with Gasteiger partial charge in [0.25, 0.3) is 0 Å². The van der Waals surface area contributed by atoms with E-state index in [2.05, 4.69) is 29.5 Å². The molecule has 0 aliphatic carbocycles. The van der Waals surface area contributed by atoms with Crippen molar-refractivity contribution in [2.24, 2.45) is 0 Å². The lowest BCUT2D eigenvalue weighted by Crippen LogP contribution is -2.00. The Balaban J connectivity index is 1.58. The molecule has 2 aromatic carbocycles. The van der Waals surface area contributed by atoms with Gasteiger partial charge in [-0.1, -0.05) is 42.5 Å². The van der Waals surface area contributed by atoms with Gasteiger partial charge < -0.3 is 5.73 Å². The van der Waals surface area contributed by atoms with E-state index in [1.807, 2.05) is 47.3 Å². The molecule has 0 unspecified atom stereocenters. The highest BCUT2D eigenvalue weighted by Crippen LogP contribution is 2.17. The molecule has 106 valence electrons. The SMILES string of the molecule is Nc1cccc(CCCn2cc(-c3ccccc3)cn2)c1. The number of aryl methyl sites for hydroxylation is 2. The number of nitrogens with zero attached hydrogens (tertiary/aromatic N) is 2. The first-order valence-electron chi connectivity index (χ1n) is 7.23. The first-order valence-corrected chi connectivity index (χ1v) is 7.23. The van der Waals surface area contributed by atoms with Crippen LogP contribution in [0, 0.1) is 0 Å². The Morgan fingerprint density at radius 1 is 0.952 bits per heavy atom. The minimum atomic E-state index is 0.831. The molecule has 0 spiro atoms. The van der Waals surface area contributed by atoms with Gasteiger partial charge in [-0.15, -0.1) is 0 Å². The van der Waals surface area contributed by atoms with E-state index in [0.717, 1.165) is 25.1 Å². The molecule has 3 rings (SSSR count). The Bertz CT molecular complexity index is 701. The van der Waals surface area contributed by atoms with Crippen LogP contribution in [-0.2, 0) is 13.0 Å². The minimum Gasteiger partial charge on any atom is -0.399 e. The van der Waals surface area contributed by atoms with Gasteiger partial charge >= 0.3 is 0 Å². The zero-order valence-electron chi connectivity index (χ0n) is 11.9. The first kappa shape index (κ1) is 13.4. The maximum absolute atomic E-state index is 5.79. The van der Waals surface area contributed by atoms with Crippen LogP contribution in [0.3, 0.4) is 0 Å². The first-order chi connectivity index (χ1) is 10.3. The summed E-state index contributed by atoms with van der Waals surface area (Å²) in [5, 5.41) is 4.43. The Kier molecular flexibility index (Phi) is 4.01. The van der Waals surface area contributed by atoms with E-state index in [1.165, 1.54) is 16.7 Å². The molecule has 0 bridgehead atoms. The molecule has 0 aliphatic rings. The van der Waals surface area contributed by atoms with Crippen LogP contribution in [0.4, 0.5) is 5.69 Å². The monoisotopic (exact) mass is 277 g/mol. The molecule has 1 aromatic heterocycles. The van der Waals surface area contributed by atoms with Gasteiger partial charge in [0.1, 0.15) is 0 Å². The molecule has 0 amide bonds. The van der Waals surface area contributed by atoms with E-state index in [9.17, 15) is 0 Å². The molecule has 0 saturated heterocycles. The second-order valence-electron chi connectivity index (χ2n) is 5.21. The third-order valence-electron chi connectivity index (χ3n) is 3.54. The van der Waals surface area contributed by atoms with Crippen molar-refractivity contribution < 1.29 is 0 Å². The minimum absolute atomic E-state index is 0.831. The van der Waals surface area contributed by atoms with Crippen molar-refractivity contribution >= 4 is 5.69 Å². The Labute approximate surface area is 125 Å². The fraction of sp³-hybridized carbons (Fsp3) is 0.167. The molecule has 3 aromatic rings. The molecular formula is C18H19N3. The van der Waals surface area contributed by atoms with Gasteiger partial charge in [-0.25, -0.2) is 0 Å². The van der Waals surface area contributed by atoms with Crippen molar-refractivity contribution in [3.05, 3.63) is 72.6 Å². The Hall–Kier alpha value is -2.55. The van der Waals surface area contributed by atoms with Crippen molar-refractivity contribution in [2.75, 3.05) is 5.73 Å². The number of anilines is 1. The summed E-state index contributed by atoms with van der Waals surface area (Å²) in [5.74, 6) is 0. The normalized spacial score (nSPS) is 10.7. The number of nitrogen functional groups attached to an aromatic ring is 1. The van der Waals surface area contributed by atoms with Crippen LogP contribution >= 0.6 is 0 Å². The summed E-state index contributed by atoms with van der Waals surface area (Å²) in [6, 6.07) is 18.4. The molecule has 0 fully saturated rings. The molecule has 0 saturated carbocycles. The lowest BCUT2D eigenvalue weighted by molar-refractivity contribution is 0.579. The molecule has 3 heteroatoms. The average molecular weight is 277 g/mol. The summed E-state index contributed by atoms with van der Waals surface area (Å²) < 4.78 is 2.01. The van der Waals surface area contributed by atoms with Crippen LogP contribution in [0.25, 0.3) is 11.1 Å². The molecule has 1 heterocycles. The highest BCUT2D eigenvalue weighted by Gasteiger charge is 2.01. The van der Waals surface area contributed by atoms with Gasteiger partial charge in [-0.2, -0.15) is 5.10 Å². The van der Waals surface area contributed by atoms with Crippen LogP contribution in [0.2, 0.25) is 0 Å². The number of aromatic nitrogens is 2. The largest absolute Gasteiger partial charge is 0.399 e. The molecule has 0 atom stereocenters. The van der Waals surface area contributed by atoms with Crippen molar-refractivity contribution in [1.82, 2.24) is 9.78 Å². The van der Waals surface area contributed by atoms with Crippen LogP contribution < -0.4 is 5.73 Å². The lowest BCUT2D eigenvalue weighted by atomic mass is 10.1. The van der Waals surface area contributed by atoms with Crippen molar-refractivity contribution in [3.8, 4) is 11.1 Å². The van der Waals surface area contributed by atoms with Crippen LogP contribution in [0.15, 0.2) is 67.0 Å². The summed E-state index contributed by atoms with van der Waals surface area (Å²) in [6.07, 6.45) is 6.11. The highest BCUT2D eigenvalue weighted by atomic mass is 15.3. The number of rotatable bonds is 5. The summed E-state index contributed by atoms with van der Waals surface area (Å²) in [5.41, 5.74) is 10.3. The average Bonchev–Trinajstić information content (AvgIpc) is 2.97. The van der Waals surface area contributed by atoms with E-state index in [1.54, 1.807) is 0 Å². The highest BCUT2D eigenvalue weighted by molar-refractivity contribution is 5.61. The number of benzene rings is 2. The smallest absolute Gasteiger partial charge is 0.0568 e. The Morgan fingerprint density at radius 3 is 2.62 bits per heavy atom. The van der Waals surface area contributed by atoms with Crippen molar-refractivity contribution in [1.29, 1.82) is 0 Å². The van der Waals surface area contributed by atoms with Crippen molar-refractivity contribution in [3.63, 3.8) is 0 Å². The van der Waals surface area contributed by atoms with Gasteiger partial charge in [0.2, 0.25) is 0 Å². The predicted octanol–water partition coefficient (Wildman–Crippen LogP) is 3.77. The quantitative estimate of drug-likeness (QED) is 0.721. The maximum Gasteiger partial charge on any atom is 0.0568 e. The van der Waals surface area contributed by atoms with E-state index in [4.69, 9.17) is 5.73 Å². The van der Waals surface area contributed by atoms with Gasteiger partial charge in [0.05, 0.1) is 6.20 Å². The lowest BCUT2D eigenvalue weighted by Gasteiger charge is -2.03. The van der Waals surface area contributed by atoms with Gasteiger partial charge in [0, 0.05) is 24.0 Å². The Morgan fingerprint density at radius 2 is 1.81 bits per heavy atom. The standard InChI is InChI=1S/C18H19N3/c19-18-10-4-6-15(12-18)7-5-11-21-14-17(13-20-21)16-8-2-1-3-9-16/h1-4,6,8-10,12-14H,5,7,11,19H2. The van der Waals surface area contributed by atoms with Crippen molar-refractivity contribution in [2.45, 2.75) is 19.4 Å². The number of nitrogens with two attached hydrogens (primary N) is 1. The summed E-state index contributed by atoms with van der Waals surface area (Å²) in [7, 11) is 0. The molecule has 3 nitrogen and oxygen atoms in total. The second-order valence-corrected chi connectivity index (χ2v) is 5.21. The molecular weight excluding hydrogens is 258 g/mol. The second kappa shape index (κ2) is 6.27.